The molecule has 4 heteroatoms. The molecule has 4 nitrogen and oxygen atoms in total. The second kappa shape index (κ2) is 4.34. The molecule has 0 bridgehead atoms. The lowest BCUT2D eigenvalue weighted by Crippen LogP contribution is -2.44. The van der Waals surface area contributed by atoms with Gasteiger partial charge >= 0.3 is 5.97 Å². The number of nitrogens with zero attached hydrogens (tertiary/aromatic N) is 1. The Morgan fingerprint density at radius 1 is 1.62 bits per heavy atom. The van der Waals surface area contributed by atoms with Crippen molar-refractivity contribution >= 4 is 5.97 Å². The van der Waals surface area contributed by atoms with Gasteiger partial charge in [-0.3, -0.25) is 4.79 Å². The molecule has 0 aromatic rings. The van der Waals surface area contributed by atoms with Gasteiger partial charge in [0.15, 0.2) is 0 Å². The highest BCUT2D eigenvalue weighted by atomic mass is 16.4. The predicted molar refractivity (Wildman–Crippen MR) is 62.4 cm³/mol. The van der Waals surface area contributed by atoms with Gasteiger partial charge in [0.1, 0.15) is 5.54 Å². The molecule has 2 rings (SSSR count). The van der Waals surface area contributed by atoms with Crippen LogP contribution in [0.4, 0.5) is 0 Å². The molecule has 2 heterocycles. The van der Waals surface area contributed by atoms with E-state index in [0.29, 0.717) is 12.0 Å². The molecule has 2 saturated heterocycles. The Balaban J connectivity index is 2.00. The van der Waals surface area contributed by atoms with Crippen LogP contribution in [0.1, 0.15) is 33.1 Å². The summed E-state index contributed by atoms with van der Waals surface area (Å²) in [4.78, 5) is 13.7. The summed E-state index contributed by atoms with van der Waals surface area (Å²) in [6, 6.07) is 0.596. The number of likely N-dealkylation sites (tertiary alicyclic amines) is 1. The molecular formula is C12H22N2O2. The molecule has 0 amide bonds. The standard InChI is InChI=1S/C12H22N2O2/c1-3-14-6-4-5-10(14)9-7-12(2,11(15)16)13-8-9/h9-10,13H,3-8H2,1-2H3,(H,15,16). The summed E-state index contributed by atoms with van der Waals surface area (Å²) >= 11 is 0. The zero-order valence-corrected chi connectivity index (χ0v) is 10.2. The maximum absolute atomic E-state index is 11.2. The molecule has 0 spiro atoms. The van der Waals surface area contributed by atoms with Gasteiger partial charge < -0.3 is 15.3 Å². The molecular weight excluding hydrogens is 204 g/mol. The van der Waals surface area contributed by atoms with Gasteiger partial charge in [-0.25, -0.2) is 0 Å². The van der Waals surface area contributed by atoms with Crippen molar-refractivity contribution < 1.29 is 9.90 Å². The van der Waals surface area contributed by atoms with Crippen molar-refractivity contribution in [2.24, 2.45) is 5.92 Å². The van der Waals surface area contributed by atoms with Crippen molar-refractivity contribution in [1.29, 1.82) is 0 Å². The van der Waals surface area contributed by atoms with Crippen LogP contribution in [-0.4, -0.2) is 47.2 Å². The molecule has 2 fully saturated rings. The average molecular weight is 226 g/mol. The third kappa shape index (κ3) is 1.96. The van der Waals surface area contributed by atoms with E-state index in [1.165, 1.54) is 19.4 Å². The Morgan fingerprint density at radius 2 is 2.38 bits per heavy atom. The van der Waals surface area contributed by atoms with Crippen LogP contribution in [0.2, 0.25) is 0 Å². The van der Waals surface area contributed by atoms with Crippen molar-refractivity contribution in [3.05, 3.63) is 0 Å². The van der Waals surface area contributed by atoms with E-state index in [1.807, 2.05) is 0 Å². The SMILES string of the molecule is CCN1CCCC1C1CNC(C)(C(=O)O)C1. The third-order valence-electron chi connectivity index (χ3n) is 4.26. The van der Waals surface area contributed by atoms with Crippen LogP contribution in [0.15, 0.2) is 0 Å². The van der Waals surface area contributed by atoms with E-state index < -0.39 is 11.5 Å². The molecule has 0 aromatic carbocycles. The molecule has 92 valence electrons. The van der Waals surface area contributed by atoms with Crippen molar-refractivity contribution in [2.45, 2.75) is 44.7 Å². The van der Waals surface area contributed by atoms with Gasteiger partial charge in [0, 0.05) is 12.6 Å². The number of nitrogens with one attached hydrogen (secondary N) is 1. The number of rotatable bonds is 3. The van der Waals surface area contributed by atoms with Crippen molar-refractivity contribution in [3.63, 3.8) is 0 Å². The third-order valence-corrected chi connectivity index (χ3v) is 4.26. The van der Waals surface area contributed by atoms with Crippen LogP contribution < -0.4 is 5.32 Å². The highest BCUT2D eigenvalue weighted by Gasteiger charge is 2.45. The van der Waals surface area contributed by atoms with Crippen molar-refractivity contribution in [2.75, 3.05) is 19.6 Å². The van der Waals surface area contributed by atoms with Gasteiger partial charge in [0.25, 0.3) is 0 Å². The average Bonchev–Trinajstić information content (AvgIpc) is 2.83. The summed E-state index contributed by atoms with van der Waals surface area (Å²) in [7, 11) is 0. The zero-order valence-electron chi connectivity index (χ0n) is 10.2. The second-order valence-corrected chi connectivity index (χ2v) is 5.32. The molecule has 2 N–H and O–H groups in total. The van der Waals surface area contributed by atoms with Crippen LogP contribution in [-0.2, 0) is 4.79 Å². The molecule has 0 saturated carbocycles. The van der Waals surface area contributed by atoms with Gasteiger partial charge in [-0.05, 0) is 45.2 Å². The van der Waals surface area contributed by atoms with E-state index in [0.717, 1.165) is 19.5 Å². The Kier molecular flexibility index (Phi) is 3.22. The first-order valence-electron chi connectivity index (χ1n) is 6.29. The number of hydrogen-bond acceptors (Lipinski definition) is 3. The van der Waals surface area contributed by atoms with Gasteiger partial charge in [-0.15, -0.1) is 0 Å². The molecule has 3 atom stereocenters. The maximum Gasteiger partial charge on any atom is 0.323 e. The van der Waals surface area contributed by atoms with E-state index in [1.54, 1.807) is 6.92 Å². The fraction of sp³-hybridized carbons (Fsp3) is 0.917. The molecule has 0 radical (unpaired) electrons. The monoisotopic (exact) mass is 226 g/mol. The molecule has 3 unspecified atom stereocenters. The summed E-state index contributed by atoms with van der Waals surface area (Å²) in [5.74, 6) is -0.209. The summed E-state index contributed by atoms with van der Waals surface area (Å²) in [6.45, 7) is 7.12. The lowest BCUT2D eigenvalue weighted by atomic mass is 9.89. The minimum atomic E-state index is -0.712. The number of carbonyl (C=O) groups is 1. The lowest BCUT2D eigenvalue weighted by Gasteiger charge is -2.28. The first-order valence-corrected chi connectivity index (χ1v) is 6.29. The highest BCUT2D eigenvalue weighted by molar-refractivity contribution is 5.78. The highest BCUT2D eigenvalue weighted by Crippen LogP contribution is 2.33. The second-order valence-electron chi connectivity index (χ2n) is 5.32. The van der Waals surface area contributed by atoms with Crippen LogP contribution in [0.5, 0.6) is 0 Å². The summed E-state index contributed by atoms with van der Waals surface area (Å²) in [6.07, 6.45) is 3.26. The zero-order chi connectivity index (χ0) is 11.8. The Bertz CT molecular complexity index is 282. The van der Waals surface area contributed by atoms with Crippen LogP contribution in [0.3, 0.4) is 0 Å². The molecule has 16 heavy (non-hydrogen) atoms. The predicted octanol–water partition coefficient (Wildman–Crippen LogP) is 0.923. The fourth-order valence-corrected chi connectivity index (χ4v) is 3.24. The minimum absolute atomic E-state index is 0.503. The minimum Gasteiger partial charge on any atom is -0.480 e. The van der Waals surface area contributed by atoms with E-state index >= 15 is 0 Å². The maximum atomic E-state index is 11.2. The summed E-state index contributed by atoms with van der Waals surface area (Å²) < 4.78 is 0. The van der Waals surface area contributed by atoms with Gasteiger partial charge in [-0.1, -0.05) is 6.92 Å². The lowest BCUT2D eigenvalue weighted by molar-refractivity contribution is -0.143. The first-order chi connectivity index (χ1) is 7.57. The van der Waals surface area contributed by atoms with Crippen LogP contribution >= 0.6 is 0 Å². The molecule has 0 aliphatic carbocycles. The summed E-state index contributed by atoms with van der Waals surface area (Å²) in [5.41, 5.74) is -0.702. The Hall–Kier alpha value is -0.610. The molecule has 2 aliphatic heterocycles. The van der Waals surface area contributed by atoms with Crippen LogP contribution in [0.25, 0.3) is 0 Å². The smallest absolute Gasteiger partial charge is 0.323 e. The van der Waals surface area contributed by atoms with E-state index in [4.69, 9.17) is 0 Å². The first kappa shape index (κ1) is 11.9. The summed E-state index contributed by atoms with van der Waals surface area (Å²) in [5, 5.41) is 12.4. The Labute approximate surface area is 97.0 Å². The molecule has 0 aromatic heterocycles. The number of aliphatic carboxylic acids is 1. The quantitative estimate of drug-likeness (QED) is 0.751. The van der Waals surface area contributed by atoms with E-state index in [2.05, 4.69) is 17.1 Å². The van der Waals surface area contributed by atoms with Crippen molar-refractivity contribution in [1.82, 2.24) is 10.2 Å². The van der Waals surface area contributed by atoms with Crippen molar-refractivity contribution in [3.8, 4) is 0 Å². The number of carboxylic acids is 1. The fourth-order valence-electron chi connectivity index (χ4n) is 3.24. The number of hydrogen-bond donors (Lipinski definition) is 2. The van der Waals surface area contributed by atoms with E-state index in [9.17, 15) is 9.90 Å². The van der Waals surface area contributed by atoms with Crippen LogP contribution in [0, 0.1) is 5.92 Å². The molecule has 2 aliphatic rings. The topological polar surface area (TPSA) is 52.6 Å². The van der Waals surface area contributed by atoms with E-state index in [-0.39, 0.29) is 0 Å². The largest absolute Gasteiger partial charge is 0.480 e. The number of carboxylic acid groups (broad SMARTS) is 1. The Morgan fingerprint density at radius 3 is 2.94 bits per heavy atom. The van der Waals surface area contributed by atoms with Gasteiger partial charge in [-0.2, -0.15) is 0 Å². The normalized spacial score (nSPS) is 40.4. The van der Waals surface area contributed by atoms with Gasteiger partial charge in [0.05, 0.1) is 0 Å². The van der Waals surface area contributed by atoms with Gasteiger partial charge in [0.2, 0.25) is 0 Å².